The summed E-state index contributed by atoms with van der Waals surface area (Å²) in [5.74, 6) is 0. The predicted octanol–water partition coefficient (Wildman–Crippen LogP) is 2.71. The molecule has 0 spiro atoms. The van der Waals surface area contributed by atoms with E-state index in [1.54, 1.807) is 24.3 Å². The number of hydrogen-bond donors (Lipinski definition) is 4. The summed E-state index contributed by atoms with van der Waals surface area (Å²) in [6, 6.07) is 12.0. The van der Waals surface area contributed by atoms with Crippen LogP contribution in [0.4, 0.5) is 22.7 Å². The molecule has 0 radical (unpaired) electrons. The number of likely N-dealkylation sites (N-methyl/N-ethyl adjacent to an activating group) is 1. The molecule has 0 amide bonds. The van der Waals surface area contributed by atoms with E-state index < -0.39 is 9.85 Å². The molecule has 0 saturated carbocycles. The molecule has 0 unspecified atom stereocenters. The molecule has 0 aliphatic heterocycles. The van der Waals surface area contributed by atoms with Crippen LogP contribution in [0.2, 0.25) is 0 Å². The second-order valence-corrected chi connectivity index (χ2v) is 7.49. The van der Waals surface area contributed by atoms with Gasteiger partial charge < -0.3 is 26.2 Å². The number of nitro benzene ring substituents is 2. The molecule has 2 rings (SSSR count). The number of nitrogens with zero attached hydrogens (tertiary/aromatic N) is 3. The summed E-state index contributed by atoms with van der Waals surface area (Å²) in [6.45, 7) is 2.68. The minimum atomic E-state index is -0.455. The van der Waals surface area contributed by atoms with Crippen molar-refractivity contribution in [2.75, 3.05) is 43.9 Å². The molecule has 0 saturated heterocycles. The summed E-state index contributed by atoms with van der Waals surface area (Å²) >= 11 is 10.5. The van der Waals surface area contributed by atoms with Crippen LogP contribution in [0, 0.1) is 20.2 Å². The van der Waals surface area contributed by atoms with Crippen molar-refractivity contribution >= 4 is 57.4 Å². The maximum absolute atomic E-state index is 10.7. The van der Waals surface area contributed by atoms with Crippen molar-refractivity contribution in [1.82, 2.24) is 15.5 Å². The minimum absolute atomic E-state index is 0.0205. The monoisotopic (exact) mass is 477 g/mol. The third kappa shape index (κ3) is 8.75. The molecule has 0 bridgehead atoms. The Kier molecular flexibility index (Phi) is 9.66. The Morgan fingerprint density at radius 2 is 1.12 bits per heavy atom. The van der Waals surface area contributed by atoms with E-state index in [-0.39, 0.29) is 11.4 Å². The van der Waals surface area contributed by atoms with Crippen molar-refractivity contribution in [2.24, 2.45) is 0 Å². The first kappa shape index (κ1) is 24.8. The van der Waals surface area contributed by atoms with Crippen molar-refractivity contribution < 1.29 is 9.85 Å². The topological polar surface area (TPSA) is 138 Å². The molecule has 0 aromatic heterocycles. The first-order valence-electron chi connectivity index (χ1n) is 9.52. The van der Waals surface area contributed by atoms with Gasteiger partial charge in [0.2, 0.25) is 0 Å². The van der Waals surface area contributed by atoms with Crippen molar-refractivity contribution in [2.45, 2.75) is 0 Å². The van der Waals surface area contributed by atoms with Crippen molar-refractivity contribution in [3.05, 3.63) is 68.8 Å². The zero-order chi connectivity index (χ0) is 23.5. The fourth-order valence-corrected chi connectivity index (χ4v) is 2.96. The molecule has 2 aromatic carbocycles. The largest absolute Gasteiger partial charge is 0.361 e. The molecule has 0 aliphatic carbocycles. The van der Waals surface area contributed by atoms with Gasteiger partial charge in [0.15, 0.2) is 10.2 Å². The summed E-state index contributed by atoms with van der Waals surface area (Å²) in [5.41, 5.74) is 1.37. The molecule has 0 fully saturated rings. The average Bonchev–Trinajstić information content (AvgIpc) is 2.74. The molecule has 32 heavy (non-hydrogen) atoms. The molecule has 0 atom stereocenters. The molecular weight excluding hydrogens is 454 g/mol. The highest BCUT2D eigenvalue weighted by Gasteiger charge is 2.06. The number of anilines is 2. The van der Waals surface area contributed by atoms with Crippen LogP contribution in [-0.2, 0) is 0 Å². The van der Waals surface area contributed by atoms with Gasteiger partial charge in [-0.1, -0.05) is 0 Å². The van der Waals surface area contributed by atoms with Crippen LogP contribution < -0.4 is 21.3 Å². The summed E-state index contributed by atoms with van der Waals surface area (Å²) in [6.07, 6.45) is 0. The van der Waals surface area contributed by atoms with Crippen LogP contribution in [-0.4, -0.2) is 58.2 Å². The molecule has 13 heteroatoms. The van der Waals surface area contributed by atoms with Gasteiger partial charge in [0.1, 0.15) is 0 Å². The second kappa shape index (κ2) is 12.4. The van der Waals surface area contributed by atoms with Gasteiger partial charge in [-0.15, -0.1) is 0 Å². The smallest absolute Gasteiger partial charge is 0.269 e. The molecular formula is C19H23N7O4S2. The van der Waals surface area contributed by atoms with Gasteiger partial charge in [-0.05, 0) is 55.7 Å². The number of nitro groups is 2. The molecule has 170 valence electrons. The maximum atomic E-state index is 10.7. The van der Waals surface area contributed by atoms with Crippen LogP contribution >= 0.6 is 24.4 Å². The van der Waals surface area contributed by atoms with E-state index in [2.05, 4.69) is 26.2 Å². The summed E-state index contributed by atoms with van der Waals surface area (Å²) in [7, 11) is 1.96. The van der Waals surface area contributed by atoms with Crippen LogP contribution in [0.15, 0.2) is 48.5 Å². The number of rotatable bonds is 10. The van der Waals surface area contributed by atoms with Crippen molar-refractivity contribution in [3.8, 4) is 0 Å². The van der Waals surface area contributed by atoms with Crippen LogP contribution in [0.1, 0.15) is 0 Å². The lowest BCUT2D eigenvalue weighted by Gasteiger charge is -2.19. The highest BCUT2D eigenvalue weighted by Crippen LogP contribution is 2.16. The van der Waals surface area contributed by atoms with E-state index in [1.807, 2.05) is 7.05 Å². The van der Waals surface area contributed by atoms with Gasteiger partial charge in [0.25, 0.3) is 11.4 Å². The van der Waals surface area contributed by atoms with Gasteiger partial charge in [-0.25, -0.2) is 0 Å². The first-order valence-corrected chi connectivity index (χ1v) is 10.3. The standard InChI is InChI=1S/C19H23N7O4S2/c1-24(12-10-20-18(31)22-14-2-6-16(7-3-14)25(27)28)13-11-21-19(32)23-15-4-8-17(9-5-15)26(29)30/h2-9H,10-13H2,1H3,(H2,20,22,31)(H2,21,23,32). The zero-order valence-electron chi connectivity index (χ0n) is 17.2. The molecule has 0 heterocycles. The summed E-state index contributed by atoms with van der Waals surface area (Å²) in [4.78, 5) is 22.5. The average molecular weight is 478 g/mol. The quantitative estimate of drug-likeness (QED) is 0.228. The minimum Gasteiger partial charge on any atom is -0.361 e. The maximum Gasteiger partial charge on any atom is 0.269 e. The van der Waals surface area contributed by atoms with Gasteiger partial charge >= 0.3 is 0 Å². The highest BCUT2D eigenvalue weighted by molar-refractivity contribution is 7.80. The van der Waals surface area contributed by atoms with E-state index in [4.69, 9.17) is 24.4 Å². The normalized spacial score (nSPS) is 10.3. The van der Waals surface area contributed by atoms with E-state index in [9.17, 15) is 20.2 Å². The lowest BCUT2D eigenvalue weighted by Crippen LogP contribution is -2.39. The lowest BCUT2D eigenvalue weighted by molar-refractivity contribution is -0.385. The third-order valence-corrected chi connectivity index (χ3v) is 4.72. The molecule has 0 aliphatic rings. The van der Waals surface area contributed by atoms with Gasteiger partial charge in [-0.2, -0.15) is 0 Å². The van der Waals surface area contributed by atoms with Crippen LogP contribution in [0.3, 0.4) is 0 Å². The number of hydrogen-bond acceptors (Lipinski definition) is 7. The molecule has 2 aromatic rings. The SMILES string of the molecule is CN(CCNC(=S)Nc1ccc([N+](=O)[O-])cc1)CCNC(=S)Nc1ccc([N+](=O)[O-])cc1. The van der Waals surface area contributed by atoms with E-state index in [0.717, 1.165) is 13.1 Å². The Bertz CT molecular complexity index is 878. The number of non-ortho nitro benzene ring substituents is 2. The van der Waals surface area contributed by atoms with E-state index in [0.29, 0.717) is 34.7 Å². The summed E-state index contributed by atoms with van der Waals surface area (Å²) < 4.78 is 0. The second-order valence-electron chi connectivity index (χ2n) is 6.67. The Hall–Kier alpha value is -3.42. The number of thiocarbonyl (C=S) groups is 2. The molecule has 11 nitrogen and oxygen atoms in total. The van der Waals surface area contributed by atoms with Gasteiger partial charge in [0, 0.05) is 61.8 Å². The fourth-order valence-electron chi connectivity index (χ4n) is 2.52. The lowest BCUT2D eigenvalue weighted by atomic mass is 10.3. The molecule has 4 N–H and O–H groups in total. The first-order chi connectivity index (χ1) is 15.2. The van der Waals surface area contributed by atoms with Gasteiger partial charge in [0.05, 0.1) is 9.85 Å². The Balaban J connectivity index is 1.59. The predicted molar refractivity (Wildman–Crippen MR) is 132 cm³/mol. The Morgan fingerprint density at radius 3 is 1.44 bits per heavy atom. The Labute approximate surface area is 195 Å². The Morgan fingerprint density at radius 1 is 0.781 bits per heavy atom. The highest BCUT2D eigenvalue weighted by atomic mass is 32.1. The van der Waals surface area contributed by atoms with Gasteiger partial charge in [-0.3, -0.25) is 20.2 Å². The third-order valence-electron chi connectivity index (χ3n) is 4.23. The number of benzene rings is 2. The zero-order valence-corrected chi connectivity index (χ0v) is 18.9. The summed E-state index contributed by atoms with van der Waals surface area (Å²) in [5, 5.41) is 34.3. The van der Waals surface area contributed by atoms with Crippen molar-refractivity contribution in [1.29, 1.82) is 0 Å². The van der Waals surface area contributed by atoms with Crippen LogP contribution in [0.5, 0.6) is 0 Å². The fraction of sp³-hybridized carbons (Fsp3) is 0.263. The number of nitrogens with one attached hydrogen (secondary N) is 4. The van der Waals surface area contributed by atoms with Crippen molar-refractivity contribution in [3.63, 3.8) is 0 Å². The van der Waals surface area contributed by atoms with E-state index in [1.165, 1.54) is 24.3 Å². The van der Waals surface area contributed by atoms with E-state index >= 15 is 0 Å². The van der Waals surface area contributed by atoms with Crippen LogP contribution in [0.25, 0.3) is 0 Å².